The van der Waals surface area contributed by atoms with E-state index in [1.807, 2.05) is 0 Å². The fraction of sp³-hybridized carbons (Fsp3) is 0.111. The summed E-state index contributed by atoms with van der Waals surface area (Å²) in [4.78, 5) is 16.4. The molecule has 0 saturated carbocycles. The number of thiazole rings is 1. The number of hydrogen-bond acceptors (Lipinski definition) is 6. The lowest BCUT2D eigenvalue weighted by atomic mass is 10.3. The van der Waals surface area contributed by atoms with E-state index in [9.17, 15) is 13.2 Å². The zero-order chi connectivity index (χ0) is 20.1. The molecule has 3 rings (SSSR count). The van der Waals surface area contributed by atoms with E-state index in [-0.39, 0.29) is 22.4 Å². The van der Waals surface area contributed by atoms with Crippen LogP contribution in [0.5, 0.6) is 5.75 Å². The Bertz CT molecular complexity index is 1060. The van der Waals surface area contributed by atoms with E-state index < -0.39 is 10.0 Å². The summed E-state index contributed by atoms with van der Waals surface area (Å²) in [5.74, 6) is 0.291. The molecule has 28 heavy (non-hydrogen) atoms. The quantitative estimate of drug-likeness (QED) is 0.586. The van der Waals surface area contributed by atoms with Crippen molar-refractivity contribution >= 4 is 49.7 Å². The topological polar surface area (TPSA) is 97.4 Å². The number of sulfonamides is 1. The molecule has 1 heterocycles. The van der Waals surface area contributed by atoms with Gasteiger partial charge in [0, 0.05) is 16.1 Å². The minimum Gasteiger partial charge on any atom is -0.497 e. The normalized spacial score (nSPS) is 11.1. The van der Waals surface area contributed by atoms with E-state index in [2.05, 4.69) is 15.0 Å². The van der Waals surface area contributed by atoms with Crippen molar-refractivity contribution in [3.8, 4) is 5.75 Å². The largest absolute Gasteiger partial charge is 0.497 e. The van der Waals surface area contributed by atoms with Gasteiger partial charge in [-0.2, -0.15) is 0 Å². The number of carbonyl (C=O) groups excluding carboxylic acids is 1. The first kappa shape index (κ1) is 20.1. The van der Waals surface area contributed by atoms with E-state index in [0.29, 0.717) is 22.2 Å². The first-order chi connectivity index (χ1) is 13.4. The van der Waals surface area contributed by atoms with Crippen LogP contribution in [0, 0.1) is 0 Å². The zero-order valence-electron chi connectivity index (χ0n) is 14.7. The van der Waals surface area contributed by atoms with Crippen molar-refractivity contribution in [1.29, 1.82) is 0 Å². The predicted octanol–water partition coefficient (Wildman–Crippen LogP) is 3.79. The molecule has 0 aliphatic heterocycles. The summed E-state index contributed by atoms with van der Waals surface area (Å²) < 4.78 is 32.3. The third-order valence-electron chi connectivity index (χ3n) is 3.61. The summed E-state index contributed by atoms with van der Waals surface area (Å²) in [5.41, 5.74) is 1.08. The highest BCUT2D eigenvalue weighted by molar-refractivity contribution is 7.93. The van der Waals surface area contributed by atoms with Crippen LogP contribution in [-0.2, 0) is 21.2 Å². The molecule has 7 nitrogen and oxygen atoms in total. The number of rotatable bonds is 7. The van der Waals surface area contributed by atoms with Crippen molar-refractivity contribution in [2.75, 3.05) is 17.1 Å². The summed E-state index contributed by atoms with van der Waals surface area (Å²) in [6, 6.07) is 12.7. The maximum absolute atomic E-state index is 12.4. The van der Waals surface area contributed by atoms with Crippen molar-refractivity contribution in [2.24, 2.45) is 0 Å². The number of carbonyl (C=O) groups is 1. The van der Waals surface area contributed by atoms with Crippen molar-refractivity contribution in [1.82, 2.24) is 4.98 Å². The highest BCUT2D eigenvalue weighted by Gasteiger charge is 2.17. The van der Waals surface area contributed by atoms with E-state index in [1.54, 1.807) is 41.8 Å². The van der Waals surface area contributed by atoms with Gasteiger partial charge in [0.15, 0.2) is 5.13 Å². The summed E-state index contributed by atoms with van der Waals surface area (Å²) in [6.45, 7) is 0. The Hall–Kier alpha value is -2.62. The van der Waals surface area contributed by atoms with Gasteiger partial charge in [0.25, 0.3) is 10.0 Å². The average molecular weight is 438 g/mol. The maximum atomic E-state index is 12.4. The molecule has 1 amide bonds. The zero-order valence-corrected chi connectivity index (χ0v) is 17.1. The van der Waals surface area contributed by atoms with Gasteiger partial charge in [-0.05, 0) is 48.5 Å². The minimum absolute atomic E-state index is 0.0173. The third-order valence-corrected chi connectivity index (χ3v) is 6.16. The minimum atomic E-state index is -3.78. The molecule has 1 aromatic heterocycles. The summed E-state index contributed by atoms with van der Waals surface area (Å²) >= 11 is 6.91. The molecule has 146 valence electrons. The van der Waals surface area contributed by atoms with Crippen LogP contribution in [0.4, 0.5) is 10.8 Å². The molecular formula is C18H16ClN3O4S2. The fourth-order valence-corrected chi connectivity index (χ4v) is 4.36. The van der Waals surface area contributed by atoms with Crippen LogP contribution in [0.2, 0.25) is 5.02 Å². The second-order valence-electron chi connectivity index (χ2n) is 5.66. The van der Waals surface area contributed by atoms with Gasteiger partial charge in [-0.25, -0.2) is 13.4 Å². The summed E-state index contributed by atoms with van der Waals surface area (Å²) in [7, 11) is -2.27. The number of ether oxygens (including phenoxy) is 1. The van der Waals surface area contributed by atoms with Crippen molar-refractivity contribution in [3.05, 3.63) is 64.6 Å². The average Bonchev–Trinajstić information content (AvgIpc) is 3.09. The van der Waals surface area contributed by atoms with Gasteiger partial charge in [-0.15, -0.1) is 11.3 Å². The lowest BCUT2D eigenvalue weighted by molar-refractivity contribution is -0.115. The Morgan fingerprint density at radius 3 is 2.46 bits per heavy atom. The fourth-order valence-electron chi connectivity index (χ4n) is 2.27. The molecule has 0 atom stereocenters. The molecular weight excluding hydrogens is 422 g/mol. The SMILES string of the molecule is COc1ccc(S(=O)(=O)Nc2nc(CC(=O)Nc3ccc(Cl)cc3)cs2)cc1. The Kier molecular flexibility index (Phi) is 6.18. The lowest BCUT2D eigenvalue weighted by Gasteiger charge is -2.06. The van der Waals surface area contributed by atoms with E-state index in [1.165, 1.54) is 19.2 Å². The molecule has 0 spiro atoms. The molecule has 0 saturated heterocycles. The monoisotopic (exact) mass is 437 g/mol. The number of hydrogen-bond donors (Lipinski definition) is 2. The molecule has 2 N–H and O–H groups in total. The number of nitrogens with zero attached hydrogens (tertiary/aromatic N) is 1. The van der Waals surface area contributed by atoms with Crippen LogP contribution >= 0.6 is 22.9 Å². The van der Waals surface area contributed by atoms with Crippen LogP contribution in [0.3, 0.4) is 0 Å². The van der Waals surface area contributed by atoms with Gasteiger partial charge >= 0.3 is 0 Å². The highest BCUT2D eigenvalue weighted by atomic mass is 35.5. The van der Waals surface area contributed by atoms with Crippen LogP contribution in [0.1, 0.15) is 5.69 Å². The molecule has 10 heteroatoms. The smallest absolute Gasteiger partial charge is 0.263 e. The number of anilines is 2. The maximum Gasteiger partial charge on any atom is 0.263 e. The molecule has 0 fully saturated rings. The highest BCUT2D eigenvalue weighted by Crippen LogP contribution is 2.22. The molecule has 0 bridgehead atoms. The number of nitrogens with one attached hydrogen (secondary N) is 2. The molecule has 0 unspecified atom stereocenters. The Morgan fingerprint density at radius 2 is 1.82 bits per heavy atom. The first-order valence-corrected chi connectivity index (χ1v) is 10.8. The summed E-state index contributed by atoms with van der Waals surface area (Å²) in [6.07, 6.45) is 0.0173. The van der Waals surface area contributed by atoms with Gasteiger partial charge in [-0.3, -0.25) is 9.52 Å². The van der Waals surface area contributed by atoms with Gasteiger partial charge in [0.2, 0.25) is 5.91 Å². The van der Waals surface area contributed by atoms with Crippen molar-refractivity contribution in [3.63, 3.8) is 0 Å². The number of methoxy groups -OCH3 is 1. The summed E-state index contributed by atoms with van der Waals surface area (Å²) in [5, 5.41) is 5.12. The van der Waals surface area contributed by atoms with E-state index in [0.717, 1.165) is 11.3 Å². The predicted molar refractivity (Wildman–Crippen MR) is 110 cm³/mol. The first-order valence-electron chi connectivity index (χ1n) is 8.02. The van der Waals surface area contributed by atoms with Crippen LogP contribution in [0.15, 0.2) is 58.8 Å². The van der Waals surface area contributed by atoms with Crippen molar-refractivity contribution in [2.45, 2.75) is 11.3 Å². The third kappa shape index (κ3) is 5.22. The standard InChI is InChI=1S/C18H16ClN3O4S2/c1-26-15-6-8-16(9-7-15)28(24,25)22-18-21-14(11-27-18)10-17(23)20-13-4-2-12(19)3-5-13/h2-9,11H,10H2,1H3,(H,20,23)(H,21,22). The molecule has 3 aromatic rings. The van der Waals surface area contributed by atoms with Gasteiger partial charge < -0.3 is 10.1 Å². The van der Waals surface area contributed by atoms with E-state index in [4.69, 9.17) is 16.3 Å². The van der Waals surface area contributed by atoms with Crippen LogP contribution in [0.25, 0.3) is 0 Å². The molecule has 0 radical (unpaired) electrons. The number of amides is 1. The Balaban J connectivity index is 1.62. The van der Waals surface area contributed by atoms with Crippen LogP contribution in [-0.4, -0.2) is 26.4 Å². The molecule has 0 aliphatic carbocycles. The second kappa shape index (κ2) is 8.59. The van der Waals surface area contributed by atoms with Crippen LogP contribution < -0.4 is 14.8 Å². The molecule has 0 aliphatic rings. The lowest BCUT2D eigenvalue weighted by Crippen LogP contribution is -2.15. The molecule has 2 aromatic carbocycles. The number of aromatic nitrogens is 1. The Morgan fingerprint density at radius 1 is 1.14 bits per heavy atom. The number of halogens is 1. The second-order valence-corrected chi connectivity index (χ2v) is 8.63. The van der Waals surface area contributed by atoms with Gasteiger partial charge in [0.05, 0.1) is 24.1 Å². The van der Waals surface area contributed by atoms with E-state index >= 15 is 0 Å². The number of benzene rings is 2. The van der Waals surface area contributed by atoms with Gasteiger partial charge in [-0.1, -0.05) is 11.6 Å². The Labute approximate surface area is 171 Å². The van der Waals surface area contributed by atoms with Gasteiger partial charge in [0.1, 0.15) is 5.75 Å². The van der Waals surface area contributed by atoms with Crippen molar-refractivity contribution < 1.29 is 17.9 Å².